The van der Waals surface area contributed by atoms with Gasteiger partial charge in [0.25, 0.3) is 0 Å². The summed E-state index contributed by atoms with van der Waals surface area (Å²) in [5.41, 5.74) is 5.00. The van der Waals surface area contributed by atoms with Crippen LogP contribution in [0.25, 0.3) is 0 Å². The highest BCUT2D eigenvalue weighted by Gasteiger charge is 2.30. The first-order valence-corrected chi connectivity index (χ1v) is 13.2. The maximum atomic E-state index is 12.9. The summed E-state index contributed by atoms with van der Waals surface area (Å²) in [6.07, 6.45) is 9.93. The van der Waals surface area contributed by atoms with Crippen LogP contribution in [-0.2, 0) is 17.8 Å². The van der Waals surface area contributed by atoms with Crippen molar-refractivity contribution in [3.8, 4) is 0 Å². The molecule has 0 radical (unpaired) electrons. The normalized spacial score (nSPS) is 21.7. The third-order valence-electron chi connectivity index (χ3n) is 8.14. The van der Waals surface area contributed by atoms with Gasteiger partial charge in [0.1, 0.15) is 6.61 Å². The number of piperazine rings is 1. The van der Waals surface area contributed by atoms with Crippen molar-refractivity contribution in [2.24, 2.45) is 0 Å². The van der Waals surface area contributed by atoms with Gasteiger partial charge in [-0.3, -0.25) is 4.90 Å². The molecule has 2 fully saturated rings. The van der Waals surface area contributed by atoms with Gasteiger partial charge >= 0.3 is 6.09 Å². The van der Waals surface area contributed by atoms with Crippen LogP contribution in [0.2, 0.25) is 0 Å². The van der Waals surface area contributed by atoms with Crippen LogP contribution in [0.4, 0.5) is 10.5 Å². The van der Waals surface area contributed by atoms with Crippen molar-refractivity contribution in [2.45, 2.75) is 70.1 Å². The molecule has 34 heavy (non-hydrogen) atoms. The number of amides is 1. The van der Waals surface area contributed by atoms with Gasteiger partial charge in [-0.2, -0.15) is 0 Å². The molecule has 5 rings (SSSR count). The van der Waals surface area contributed by atoms with Crippen LogP contribution in [0, 0.1) is 0 Å². The van der Waals surface area contributed by atoms with E-state index in [2.05, 4.69) is 28.0 Å². The highest BCUT2D eigenvalue weighted by molar-refractivity contribution is 5.68. The van der Waals surface area contributed by atoms with Crippen LogP contribution < -0.4 is 4.90 Å². The Hall–Kier alpha value is -2.53. The van der Waals surface area contributed by atoms with Crippen LogP contribution in [0.3, 0.4) is 0 Å². The molecule has 0 bridgehead atoms. The number of hydrogen-bond acceptors (Lipinski definition) is 4. The lowest BCUT2D eigenvalue weighted by Crippen LogP contribution is -2.50. The van der Waals surface area contributed by atoms with Crippen LogP contribution in [0.15, 0.2) is 48.5 Å². The number of rotatable bonds is 5. The molecule has 1 aliphatic heterocycles. The largest absolute Gasteiger partial charge is 0.445 e. The molecule has 2 aliphatic carbocycles. The molecule has 0 N–H and O–H groups in total. The summed E-state index contributed by atoms with van der Waals surface area (Å²) < 4.78 is 5.65. The second-order valence-electron chi connectivity index (χ2n) is 10.3. The minimum absolute atomic E-state index is 0.0792. The first-order valence-electron chi connectivity index (χ1n) is 13.2. The van der Waals surface area contributed by atoms with Gasteiger partial charge in [-0.05, 0) is 60.9 Å². The van der Waals surface area contributed by atoms with Crippen LogP contribution in [0.5, 0.6) is 0 Å². The number of ether oxygens (including phenoxy) is 1. The molecule has 1 atom stereocenters. The van der Waals surface area contributed by atoms with E-state index in [1.165, 1.54) is 48.9 Å². The number of fused-ring (bicyclic) bond motifs is 1. The van der Waals surface area contributed by atoms with Crippen molar-refractivity contribution in [1.29, 1.82) is 0 Å². The third kappa shape index (κ3) is 5.25. The fraction of sp³-hybridized carbons (Fsp3) is 0.552. The predicted octanol–water partition coefficient (Wildman–Crippen LogP) is 5.79. The molecular formula is C29H39N3O2. The van der Waals surface area contributed by atoms with Gasteiger partial charge < -0.3 is 14.5 Å². The SMILES string of the molecule is CN(C(=O)OCc1ccccc1)C1CCCc2ccc(N3CCN(C4CCCCC4)CC3)cc21. The van der Waals surface area contributed by atoms with E-state index in [-0.39, 0.29) is 12.1 Å². The van der Waals surface area contributed by atoms with Gasteiger partial charge in [-0.25, -0.2) is 4.79 Å². The third-order valence-corrected chi connectivity index (χ3v) is 8.14. The standard InChI is InChI=1S/C29H39N3O2/c1-30(29(33)34-22-23-9-4-2-5-10-23)28-14-8-11-24-15-16-26(21-27(24)28)32-19-17-31(18-20-32)25-12-6-3-7-13-25/h2,4-5,9-10,15-16,21,25,28H,3,6-8,11-14,17-20,22H2,1H3. The van der Waals surface area contributed by atoms with E-state index in [1.54, 1.807) is 0 Å². The van der Waals surface area contributed by atoms with E-state index in [0.29, 0.717) is 6.61 Å². The van der Waals surface area contributed by atoms with Crippen molar-refractivity contribution < 1.29 is 9.53 Å². The Morgan fingerprint density at radius 3 is 2.47 bits per heavy atom. The van der Waals surface area contributed by atoms with Crippen molar-refractivity contribution in [3.05, 3.63) is 65.2 Å². The quantitative estimate of drug-likeness (QED) is 0.565. The Balaban J connectivity index is 1.23. The summed E-state index contributed by atoms with van der Waals surface area (Å²) in [5.74, 6) is 0. The first-order chi connectivity index (χ1) is 16.7. The fourth-order valence-electron chi connectivity index (χ4n) is 6.10. The van der Waals surface area contributed by atoms with Gasteiger partial charge in [-0.1, -0.05) is 55.7 Å². The smallest absolute Gasteiger partial charge is 0.410 e. The Morgan fingerprint density at radius 1 is 0.941 bits per heavy atom. The molecule has 1 unspecified atom stereocenters. The first kappa shape index (κ1) is 23.2. The average Bonchev–Trinajstić information content (AvgIpc) is 2.92. The Kier molecular flexibility index (Phi) is 7.39. The number of hydrogen-bond donors (Lipinski definition) is 0. The van der Waals surface area contributed by atoms with E-state index >= 15 is 0 Å². The van der Waals surface area contributed by atoms with Gasteiger partial charge in [0, 0.05) is 45.0 Å². The second kappa shape index (κ2) is 10.8. The highest BCUT2D eigenvalue weighted by atomic mass is 16.6. The van der Waals surface area contributed by atoms with Gasteiger partial charge in [0.15, 0.2) is 0 Å². The predicted molar refractivity (Wildman–Crippen MR) is 137 cm³/mol. The van der Waals surface area contributed by atoms with E-state index in [4.69, 9.17) is 4.74 Å². The molecule has 5 heteroatoms. The highest BCUT2D eigenvalue weighted by Crippen LogP contribution is 2.37. The van der Waals surface area contributed by atoms with Crippen LogP contribution >= 0.6 is 0 Å². The maximum Gasteiger partial charge on any atom is 0.410 e. The zero-order valence-corrected chi connectivity index (χ0v) is 20.6. The van der Waals surface area contributed by atoms with E-state index in [9.17, 15) is 4.79 Å². The van der Waals surface area contributed by atoms with Crippen molar-refractivity contribution >= 4 is 11.8 Å². The topological polar surface area (TPSA) is 36.0 Å². The minimum atomic E-state index is -0.242. The lowest BCUT2D eigenvalue weighted by Gasteiger charge is -2.42. The minimum Gasteiger partial charge on any atom is -0.445 e. The average molecular weight is 462 g/mol. The van der Waals surface area contributed by atoms with Gasteiger partial charge in [-0.15, -0.1) is 0 Å². The number of aryl methyl sites for hydroxylation is 1. The summed E-state index contributed by atoms with van der Waals surface area (Å²) in [6.45, 7) is 4.83. The number of nitrogens with zero attached hydrogens (tertiary/aromatic N) is 3. The summed E-state index contributed by atoms with van der Waals surface area (Å²) in [4.78, 5) is 20.0. The molecule has 3 aliphatic rings. The van der Waals surface area contributed by atoms with Gasteiger partial charge in [0.2, 0.25) is 0 Å². The molecule has 1 heterocycles. The summed E-state index contributed by atoms with van der Waals surface area (Å²) >= 11 is 0. The zero-order valence-electron chi connectivity index (χ0n) is 20.6. The number of anilines is 1. The fourth-order valence-corrected chi connectivity index (χ4v) is 6.10. The molecule has 0 aromatic heterocycles. The summed E-state index contributed by atoms with van der Waals surface area (Å²) in [6, 6.07) is 17.7. The van der Waals surface area contributed by atoms with Gasteiger partial charge in [0.05, 0.1) is 6.04 Å². The molecule has 5 nitrogen and oxygen atoms in total. The summed E-state index contributed by atoms with van der Waals surface area (Å²) in [7, 11) is 1.89. The molecule has 2 aromatic rings. The lowest BCUT2D eigenvalue weighted by atomic mass is 9.86. The number of benzene rings is 2. The second-order valence-corrected chi connectivity index (χ2v) is 10.3. The molecule has 1 amide bonds. The van der Waals surface area contributed by atoms with Crippen molar-refractivity contribution in [3.63, 3.8) is 0 Å². The number of carbonyl (C=O) groups excluding carboxylic acids is 1. The van der Waals surface area contributed by atoms with E-state index in [1.807, 2.05) is 42.3 Å². The summed E-state index contributed by atoms with van der Waals surface area (Å²) in [5, 5.41) is 0. The molecule has 1 saturated carbocycles. The lowest BCUT2D eigenvalue weighted by molar-refractivity contribution is 0.0876. The van der Waals surface area contributed by atoms with Crippen molar-refractivity contribution in [1.82, 2.24) is 9.80 Å². The number of carbonyl (C=O) groups is 1. The Labute approximate surface area is 204 Å². The maximum absolute atomic E-state index is 12.9. The molecule has 1 saturated heterocycles. The van der Waals surface area contributed by atoms with E-state index in [0.717, 1.165) is 57.0 Å². The Bertz CT molecular complexity index is 949. The molecule has 182 valence electrons. The molecular weight excluding hydrogens is 422 g/mol. The molecule has 2 aromatic carbocycles. The van der Waals surface area contributed by atoms with Crippen LogP contribution in [-0.4, -0.2) is 55.2 Å². The van der Waals surface area contributed by atoms with Crippen LogP contribution in [0.1, 0.15) is 67.7 Å². The monoisotopic (exact) mass is 461 g/mol. The molecule has 0 spiro atoms. The van der Waals surface area contributed by atoms with E-state index < -0.39 is 0 Å². The Morgan fingerprint density at radius 2 is 1.71 bits per heavy atom. The zero-order chi connectivity index (χ0) is 23.3. The van der Waals surface area contributed by atoms with Crippen molar-refractivity contribution in [2.75, 3.05) is 38.1 Å².